The summed E-state index contributed by atoms with van der Waals surface area (Å²) >= 11 is 5.32. The average Bonchev–Trinajstić information content (AvgIpc) is 3.12. The van der Waals surface area contributed by atoms with Crippen molar-refractivity contribution in [2.45, 2.75) is 52.1 Å². The minimum Gasteiger partial charge on any atom is -0.356 e. The standard InChI is InChI=1S/C21H27N5O2S/c1-16-14-23-25(15-16)12-7-11-22-19(27)10-3-2-6-13-26-20(28)17-8-4-5-9-18(17)24-21(26)29/h4-5,8-9,14-15H,2-3,6-7,10-13H2,1H3,(H,22,27)(H,24,29). The molecular weight excluding hydrogens is 386 g/mol. The lowest BCUT2D eigenvalue weighted by molar-refractivity contribution is -0.121. The monoisotopic (exact) mass is 413 g/mol. The number of aryl methyl sites for hydroxylation is 2. The Kier molecular flexibility index (Phi) is 7.35. The molecule has 3 aromatic rings. The van der Waals surface area contributed by atoms with Gasteiger partial charge in [-0.05, 0) is 56.1 Å². The number of hydrogen-bond acceptors (Lipinski definition) is 4. The van der Waals surface area contributed by atoms with E-state index in [1.807, 2.05) is 42.2 Å². The average molecular weight is 414 g/mol. The Hall–Kier alpha value is -2.74. The Morgan fingerprint density at radius 2 is 2.00 bits per heavy atom. The number of fused-ring (bicyclic) bond motifs is 1. The fraction of sp³-hybridized carbons (Fsp3) is 0.429. The number of nitrogens with one attached hydrogen (secondary N) is 2. The molecule has 0 atom stereocenters. The van der Waals surface area contributed by atoms with E-state index >= 15 is 0 Å². The van der Waals surface area contributed by atoms with Crippen LogP contribution in [0.3, 0.4) is 0 Å². The molecule has 29 heavy (non-hydrogen) atoms. The molecular formula is C21H27N5O2S. The quantitative estimate of drug-likeness (QED) is 0.394. The third-order valence-electron chi connectivity index (χ3n) is 4.82. The number of H-pyrrole nitrogens is 1. The van der Waals surface area contributed by atoms with Gasteiger partial charge in [-0.25, -0.2) is 0 Å². The highest BCUT2D eigenvalue weighted by atomic mass is 32.1. The fourth-order valence-corrected chi connectivity index (χ4v) is 3.56. The summed E-state index contributed by atoms with van der Waals surface area (Å²) in [6, 6.07) is 7.38. The number of nitrogens with zero attached hydrogens (tertiary/aromatic N) is 3. The summed E-state index contributed by atoms with van der Waals surface area (Å²) in [7, 11) is 0. The number of carbonyl (C=O) groups excluding carboxylic acids is 1. The minimum absolute atomic E-state index is 0.0607. The van der Waals surface area contributed by atoms with Crippen molar-refractivity contribution in [1.82, 2.24) is 24.6 Å². The van der Waals surface area contributed by atoms with E-state index < -0.39 is 0 Å². The molecule has 0 spiro atoms. The number of aromatic amines is 1. The maximum atomic E-state index is 12.6. The van der Waals surface area contributed by atoms with Gasteiger partial charge in [-0.15, -0.1) is 0 Å². The first-order valence-electron chi connectivity index (χ1n) is 10.0. The van der Waals surface area contributed by atoms with Gasteiger partial charge in [0.25, 0.3) is 5.56 Å². The molecule has 0 unspecified atom stereocenters. The van der Waals surface area contributed by atoms with Gasteiger partial charge in [0.1, 0.15) is 0 Å². The van der Waals surface area contributed by atoms with Crippen LogP contribution in [0.5, 0.6) is 0 Å². The number of aromatic nitrogens is 4. The molecule has 3 rings (SSSR count). The van der Waals surface area contributed by atoms with Gasteiger partial charge >= 0.3 is 0 Å². The van der Waals surface area contributed by atoms with E-state index in [4.69, 9.17) is 12.2 Å². The van der Waals surface area contributed by atoms with E-state index in [1.54, 1.807) is 10.6 Å². The Labute approximate surface area is 174 Å². The van der Waals surface area contributed by atoms with Crippen molar-refractivity contribution in [2.24, 2.45) is 0 Å². The predicted octanol–water partition coefficient (Wildman–Crippen LogP) is 3.33. The van der Waals surface area contributed by atoms with E-state index in [0.717, 1.165) is 43.3 Å². The van der Waals surface area contributed by atoms with Crippen LogP contribution in [-0.2, 0) is 17.9 Å². The molecule has 1 aromatic carbocycles. The maximum Gasteiger partial charge on any atom is 0.262 e. The predicted molar refractivity (Wildman–Crippen MR) is 116 cm³/mol. The zero-order chi connectivity index (χ0) is 20.6. The molecule has 0 saturated heterocycles. The topological polar surface area (TPSA) is 84.7 Å². The highest BCUT2D eigenvalue weighted by Crippen LogP contribution is 2.07. The maximum absolute atomic E-state index is 12.6. The molecule has 0 aliphatic carbocycles. The molecule has 0 fully saturated rings. The Morgan fingerprint density at radius 3 is 2.79 bits per heavy atom. The fourth-order valence-electron chi connectivity index (χ4n) is 3.28. The van der Waals surface area contributed by atoms with Gasteiger partial charge in [0.2, 0.25) is 5.91 Å². The van der Waals surface area contributed by atoms with Crippen LogP contribution in [0.4, 0.5) is 0 Å². The van der Waals surface area contributed by atoms with Crippen LogP contribution in [-0.4, -0.2) is 31.8 Å². The molecule has 1 amide bonds. The summed E-state index contributed by atoms with van der Waals surface area (Å²) in [6.45, 7) is 4.02. The van der Waals surface area contributed by atoms with Gasteiger partial charge in [0, 0.05) is 32.3 Å². The second-order valence-electron chi connectivity index (χ2n) is 7.23. The van der Waals surface area contributed by atoms with Gasteiger partial charge < -0.3 is 10.3 Å². The normalized spacial score (nSPS) is 11.1. The molecule has 2 N–H and O–H groups in total. The van der Waals surface area contributed by atoms with E-state index in [2.05, 4.69) is 15.4 Å². The number of amides is 1. The third kappa shape index (κ3) is 5.87. The van der Waals surface area contributed by atoms with Gasteiger partial charge in [0.05, 0.1) is 17.1 Å². The Balaban J connectivity index is 1.34. The first-order valence-corrected chi connectivity index (χ1v) is 10.4. The molecule has 0 saturated carbocycles. The largest absolute Gasteiger partial charge is 0.356 e. The van der Waals surface area contributed by atoms with E-state index in [9.17, 15) is 9.59 Å². The van der Waals surface area contributed by atoms with Crippen LogP contribution in [0, 0.1) is 11.7 Å². The number of carbonyl (C=O) groups is 1. The van der Waals surface area contributed by atoms with Crippen LogP contribution >= 0.6 is 12.2 Å². The molecule has 7 nitrogen and oxygen atoms in total. The van der Waals surface area contributed by atoms with Crippen LogP contribution in [0.15, 0.2) is 41.5 Å². The van der Waals surface area contributed by atoms with E-state index in [1.165, 1.54) is 0 Å². The summed E-state index contributed by atoms with van der Waals surface area (Å²) in [4.78, 5) is 27.6. The lowest BCUT2D eigenvalue weighted by atomic mass is 10.2. The smallest absolute Gasteiger partial charge is 0.262 e. The van der Waals surface area contributed by atoms with Crippen molar-refractivity contribution in [2.75, 3.05) is 6.54 Å². The van der Waals surface area contributed by atoms with Crippen molar-refractivity contribution < 1.29 is 4.79 Å². The molecule has 154 valence electrons. The highest BCUT2D eigenvalue weighted by Gasteiger charge is 2.05. The number of unbranched alkanes of at least 4 members (excludes halogenated alkanes) is 2. The number of para-hydroxylation sites is 1. The lowest BCUT2D eigenvalue weighted by Gasteiger charge is -2.08. The minimum atomic E-state index is -0.0607. The van der Waals surface area contributed by atoms with Crippen LogP contribution < -0.4 is 10.9 Å². The van der Waals surface area contributed by atoms with Crippen LogP contribution in [0.2, 0.25) is 0 Å². The zero-order valence-corrected chi connectivity index (χ0v) is 17.5. The SMILES string of the molecule is Cc1cnn(CCCNC(=O)CCCCCn2c(=S)[nH]c3ccccc3c2=O)c1. The highest BCUT2D eigenvalue weighted by molar-refractivity contribution is 7.71. The Morgan fingerprint density at radius 1 is 1.17 bits per heavy atom. The summed E-state index contributed by atoms with van der Waals surface area (Å²) < 4.78 is 3.94. The molecule has 2 aromatic heterocycles. The van der Waals surface area contributed by atoms with Crippen molar-refractivity contribution in [3.63, 3.8) is 0 Å². The zero-order valence-electron chi connectivity index (χ0n) is 16.7. The first kappa shape index (κ1) is 21.0. The molecule has 0 radical (unpaired) electrons. The second kappa shape index (κ2) is 10.2. The summed E-state index contributed by atoms with van der Waals surface area (Å²) in [5, 5.41) is 7.82. The van der Waals surface area contributed by atoms with Crippen molar-refractivity contribution in [3.05, 3.63) is 57.3 Å². The number of benzene rings is 1. The summed E-state index contributed by atoms with van der Waals surface area (Å²) in [5.74, 6) is 0.0711. The third-order valence-corrected chi connectivity index (χ3v) is 5.15. The summed E-state index contributed by atoms with van der Waals surface area (Å²) in [6.07, 6.45) is 7.65. The van der Waals surface area contributed by atoms with Gasteiger partial charge in [-0.3, -0.25) is 18.8 Å². The molecule has 0 aliphatic rings. The van der Waals surface area contributed by atoms with Gasteiger partial charge in [-0.2, -0.15) is 5.10 Å². The lowest BCUT2D eigenvalue weighted by Crippen LogP contribution is -2.25. The van der Waals surface area contributed by atoms with Crippen LogP contribution in [0.1, 0.15) is 37.7 Å². The van der Waals surface area contributed by atoms with Gasteiger partial charge in [0.15, 0.2) is 4.77 Å². The first-order chi connectivity index (χ1) is 14.0. The van der Waals surface area contributed by atoms with Crippen molar-refractivity contribution in [1.29, 1.82) is 0 Å². The molecule has 2 heterocycles. The molecule has 8 heteroatoms. The Bertz CT molecular complexity index is 1080. The summed E-state index contributed by atoms with van der Waals surface area (Å²) in [5.41, 5.74) is 1.84. The van der Waals surface area contributed by atoms with Gasteiger partial charge in [-0.1, -0.05) is 18.6 Å². The second-order valence-corrected chi connectivity index (χ2v) is 7.61. The molecule has 0 aliphatic heterocycles. The number of rotatable bonds is 10. The van der Waals surface area contributed by atoms with Crippen LogP contribution in [0.25, 0.3) is 10.9 Å². The number of hydrogen-bond donors (Lipinski definition) is 2. The van der Waals surface area contributed by atoms with E-state index in [0.29, 0.717) is 29.7 Å². The van der Waals surface area contributed by atoms with Crippen molar-refractivity contribution in [3.8, 4) is 0 Å². The molecule has 0 bridgehead atoms. The van der Waals surface area contributed by atoms with Crippen molar-refractivity contribution >= 4 is 29.0 Å². The van der Waals surface area contributed by atoms with E-state index in [-0.39, 0.29) is 11.5 Å².